The molecule has 0 aromatic heterocycles. The van der Waals surface area contributed by atoms with Crippen molar-refractivity contribution < 1.29 is 157 Å². The molecule has 133 heavy (non-hydrogen) atoms. The Bertz CT molecular complexity index is 3490. The first-order valence-corrected chi connectivity index (χ1v) is 42.8. The summed E-state index contributed by atoms with van der Waals surface area (Å²) in [5.74, 6) is -20.6. The van der Waals surface area contributed by atoms with Crippen LogP contribution < -0.4 is 42.5 Å². The van der Waals surface area contributed by atoms with Crippen LogP contribution >= 0.6 is 0 Å². The molecule has 20 N–H and O–H groups in total. The van der Waals surface area contributed by atoms with Crippen LogP contribution in [0.4, 0.5) is 0 Å². The summed E-state index contributed by atoms with van der Waals surface area (Å²) in [6.07, 6.45) is 0. The monoisotopic (exact) mass is 1910 g/mol. The molecule has 2 aliphatic heterocycles. The first-order valence-electron chi connectivity index (χ1n) is 42.8. The van der Waals surface area contributed by atoms with E-state index in [1.165, 1.54) is 77.2 Å². The Kier molecular flexibility index (Phi) is 57.9. The third kappa shape index (κ3) is 58.4. The van der Waals surface area contributed by atoms with Gasteiger partial charge < -0.3 is 123 Å². The van der Waals surface area contributed by atoms with Crippen molar-refractivity contribution >= 4 is 119 Å². The van der Waals surface area contributed by atoms with Crippen LogP contribution in [-0.4, -0.2) is 627 Å². The summed E-state index contributed by atoms with van der Waals surface area (Å²) in [4.78, 5) is 277. The molecule has 2 rings (SSSR count). The van der Waals surface area contributed by atoms with Gasteiger partial charge in [-0.2, -0.15) is 0 Å². The molecule has 56 nitrogen and oxygen atoms in total. The van der Waals surface area contributed by atoms with E-state index in [-0.39, 0.29) is 183 Å². The van der Waals surface area contributed by atoms with Crippen molar-refractivity contribution in [2.75, 3.05) is 369 Å². The number of aliphatic carboxylic acids is 12. The fourth-order valence-electron chi connectivity index (χ4n) is 13.6. The molecule has 0 atom stereocenters. The summed E-state index contributed by atoms with van der Waals surface area (Å²) >= 11 is 0. The number of likely N-dealkylation sites (N-methyl/N-ethyl adjacent to an activating group) is 4. The van der Waals surface area contributed by atoms with Gasteiger partial charge in [0.2, 0.25) is 47.3 Å². The van der Waals surface area contributed by atoms with E-state index in [0.29, 0.717) is 0 Å². The number of amides is 8. The largest absolute Gasteiger partial charge is 0.480 e. The molecule has 0 saturated carbocycles. The van der Waals surface area contributed by atoms with Crippen LogP contribution in [0.25, 0.3) is 0 Å². The lowest BCUT2D eigenvalue weighted by molar-refractivity contribution is -0.141. The standard InChI is InChI=1S/C77H136N24O32/c1-86(61(106)33-78-5-9-90(43-67(114)115)13-15-92(45-69(118)119)11-7-80-35-65(110)111)37-57(102)82-53-77(54-83-58(103)38-87(2)62(107)34-79-6-10-91(44-68(116)117)14-16-93(46-70(120)121)12-8-81-36-66(112)113,55-84-59(104)39-88(3)63(108)41-94-17-21-96(47-71(122)123)25-29-100(51-75(130)131)30-26-97(22-18-94)48-72(124)125)56-85-60(105)40-89(4)64(109)42-95-19-23-98(49-73(126)127)27-31-101(52-76(132)133)32-28-99(24-20-95)50-74(128)129/h78-81H,5-56H2,1-4H3,(H,82,102)(H,83,103)(H,84,104)(H,85,105)(H,110,111)(H,112,113)(H,114,115)(H,116,117)(H,118,119)(H,120,121)(H,122,123)(H,124,125)(H,126,127)(H,128,129)(H,130,131)(H,132,133). The van der Waals surface area contributed by atoms with Crippen molar-refractivity contribution in [2.24, 2.45) is 5.41 Å². The topological polar surface area (TPSA) is 732 Å². The lowest BCUT2D eigenvalue weighted by atomic mass is 9.86. The molecule has 2 aliphatic rings. The molecule has 8 amide bonds. The Morgan fingerprint density at radius 3 is 0.564 bits per heavy atom. The Morgan fingerprint density at radius 2 is 0.391 bits per heavy atom. The Labute approximate surface area is 768 Å². The lowest BCUT2D eigenvalue weighted by Gasteiger charge is -2.36. The van der Waals surface area contributed by atoms with E-state index < -0.39 is 281 Å². The number of hydrogen-bond donors (Lipinski definition) is 20. The van der Waals surface area contributed by atoms with Gasteiger partial charge in [0.1, 0.15) is 0 Å². The molecule has 0 aromatic rings. The highest BCUT2D eigenvalue weighted by molar-refractivity contribution is 5.88. The average Bonchev–Trinajstić information content (AvgIpc) is 0.840. The minimum Gasteiger partial charge on any atom is -0.480 e. The maximum Gasteiger partial charge on any atom is 0.317 e. The zero-order valence-corrected chi connectivity index (χ0v) is 76.0. The van der Waals surface area contributed by atoms with Crippen LogP contribution in [-0.2, 0) is 95.9 Å². The van der Waals surface area contributed by atoms with Gasteiger partial charge in [-0.15, -0.1) is 0 Å². The summed E-state index contributed by atoms with van der Waals surface area (Å²) < 4.78 is 0. The van der Waals surface area contributed by atoms with Crippen molar-refractivity contribution in [1.82, 2.24) is 121 Å². The van der Waals surface area contributed by atoms with E-state index in [2.05, 4.69) is 42.5 Å². The predicted octanol–water partition coefficient (Wildman–Crippen LogP) is -14.7. The van der Waals surface area contributed by atoms with Gasteiger partial charge in [-0.25, -0.2) is 0 Å². The molecule has 0 aliphatic carbocycles. The molecule has 0 aromatic carbocycles. The van der Waals surface area contributed by atoms with Crippen LogP contribution in [0.1, 0.15) is 0 Å². The molecular weight excluding hydrogens is 1770 g/mol. The van der Waals surface area contributed by atoms with E-state index in [9.17, 15) is 147 Å². The van der Waals surface area contributed by atoms with Crippen molar-refractivity contribution in [2.45, 2.75) is 0 Å². The predicted molar refractivity (Wildman–Crippen MR) is 465 cm³/mol. The van der Waals surface area contributed by atoms with Gasteiger partial charge in [0.05, 0.1) is 131 Å². The Morgan fingerprint density at radius 1 is 0.218 bits per heavy atom. The molecular formula is C77H136N24O32. The van der Waals surface area contributed by atoms with Crippen molar-refractivity contribution in [3.05, 3.63) is 0 Å². The van der Waals surface area contributed by atoms with Crippen LogP contribution in [0.2, 0.25) is 0 Å². The molecule has 2 heterocycles. The highest BCUT2D eigenvalue weighted by atomic mass is 16.4. The number of nitrogens with zero attached hydrogens (tertiary/aromatic N) is 16. The minimum atomic E-state index is -1.81. The second kappa shape index (κ2) is 65.4. The summed E-state index contributed by atoms with van der Waals surface area (Å²) in [5.41, 5.74) is -1.81. The first-order chi connectivity index (χ1) is 62.7. The van der Waals surface area contributed by atoms with E-state index in [1.54, 1.807) is 9.80 Å². The number of hydrogen-bond acceptors (Lipinski definition) is 36. The third-order valence-corrected chi connectivity index (χ3v) is 21.0. The quantitative estimate of drug-likeness (QED) is 0.0251. The van der Waals surface area contributed by atoms with Gasteiger partial charge in [0, 0.05) is 243 Å². The molecule has 756 valence electrons. The SMILES string of the molecule is CN(CC(=O)NCC(CNC(=O)CN(C)C(=O)CNCCN(CCN(CCNCC(=O)O)CC(=O)O)CC(=O)O)(CNC(=O)CN(C)C(=O)CN1CCN(CC(=O)O)CCN(CC(=O)O)CCN(CC(=O)O)CC1)CNC(=O)CN(C)C(=O)CN1CCN(CC(=O)O)CCN(CC(=O)O)CCN(CC(=O)O)CC1)C(=O)CNCCN(CCN(CCNCC(=O)O)CC(=O)O)CC(=O)O. The van der Waals surface area contributed by atoms with Crippen molar-refractivity contribution in [1.29, 1.82) is 0 Å². The summed E-state index contributed by atoms with van der Waals surface area (Å²) in [5, 5.41) is 137. The van der Waals surface area contributed by atoms with Crippen LogP contribution in [0.15, 0.2) is 0 Å². The van der Waals surface area contributed by atoms with Crippen LogP contribution in [0.3, 0.4) is 0 Å². The summed E-state index contributed by atoms with van der Waals surface area (Å²) in [7, 11) is 5.05. The van der Waals surface area contributed by atoms with Crippen molar-refractivity contribution in [3.63, 3.8) is 0 Å². The molecule has 0 bridgehead atoms. The first kappa shape index (κ1) is 118. The molecule has 2 saturated heterocycles. The smallest absolute Gasteiger partial charge is 0.317 e. The van der Waals surface area contributed by atoms with Crippen LogP contribution in [0.5, 0.6) is 0 Å². The second-order valence-electron chi connectivity index (χ2n) is 32.4. The van der Waals surface area contributed by atoms with E-state index in [4.69, 9.17) is 10.2 Å². The number of nitrogens with one attached hydrogen (secondary N) is 8. The molecule has 0 radical (unpaired) electrons. The molecule has 0 spiro atoms. The van der Waals surface area contributed by atoms with E-state index >= 15 is 0 Å². The van der Waals surface area contributed by atoms with Gasteiger partial charge >= 0.3 is 71.6 Å². The van der Waals surface area contributed by atoms with Gasteiger partial charge in [-0.05, 0) is 0 Å². The van der Waals surface area contributed by atoms with Gasteiger partial charge in [-0.3, -0.25) is 155 Å². The normalized spacial score (nSPS) is 15.0. The zero-order valence-electron chi connectivity index (χ0n) is 76.0. The highest BCUT2D eigenvalue weighted by Crippen LogP contribution is 2.16. The van der Waals surface area contributed by atoms with E-state index in [0.717, 1.165) is 19.6 Å². The Hall–Kier alpha value is -11.2. The molecule has 0 unspecified atom stereocenters. The van der Waals surface area contributed by atoms with Gasteiger partial charge in [0.25, 0.3) is 0 Å². The second-order valence-corrected chi connectivity index (χ2v) is 32.4. The lowest BCUT2D eigenvalue weighted by Crippen LogP contribution is -2.59. The fourth-order valence-corrected chi connectivity index (χ4v) is 13.6. The molecule has 2 fully saturated rings. The number of rotatable bonds is 66. The number of carbonyl (C=O) groups excluding carboxylic acids is 8. The van der Waals surface area contributed by atoms with Crippen molar-refractivity contribution in [3.8, 4) is 0 Å². The maximum absolute atomic E-state index is 14.5. The average molecular weight is 1910 g/mol. The van der Waals surface area contributed by atoms with E-state index in [1.807, 2.05) is 0 Å². The zero-order chi connectivity index (χ0) is 99.7. The minimum absolute atomic E-state index is 0.00685. The highest BCUT2D eigenvalue weighted by Gasteiger charge is 2.36. The number of carboxylic acids is 12. The maximum atomic E-state index is 14.5. The third-order valence-electron chi connectivity index (χ3n) is 21.0. The Balaban J connectivity index is 2.72. The van der Waals surface area contributed by atoms with Gasteiger partial charge in [-0.1, -0.05) is 0 Å². The number of carbonyl (C=O) groups is 20. The summed E-state index contributed by atoms with van der Waals surface area (Å²) in [6.45, 7) is -11.2. The fraction of sp³-hybridized carbons (Fsp3) is 0.740. The van der Waals surface area contributed by atoms with Gasteiger partial charge in [0.15, 0.2) is 0 Å². The van der Waals surface area contributed by atoms with Crippen LogP contribution in [0, 0.1) is 5.41 Å². The number of carboxylic acid groups (broad SMARTS) is 12. The molecule has 56 heteroatoms. The summed E-state index contributed by atoms with van der Waals surface area (Å²) in [6, 6.07) is 0.